The topological polar surface area (TPSA) is 39.7 Å². The quantitative estimate of drug-likeness (QED) is 0.601. The third-order valence-corrected chi connectivity index (χ3v) is 4.15. The zero-order chi connectivity index (χ0) is 16.6. The molecule has 0 aliphatic heterocycles. The summed E-state index contributed by atoms with van der Waals surface area (Å²) in [5, 5.41) is 6.77. The number of rotatable bonds is 7. The van der Waals surface area contributed by atoms with Crippen LogP contribution >= 0.6 is 0 Å². The number of benzene rings is 1. The van der Waals surface area contributed by atoms with Crippen LogP contribution in [0.5, 0.6) is 0 Å². The summed E-state index contributed by atoms with van der Waals surface area (Å²) in [4.78, 5) is 6.95. The summed E-state index contributed by atoms with van der Waals surface area (Å²) in [5.41, 5.74) is 2.75. The molecule has 0 fully saturated rings. The third kappa shape index (κ3) is 5.68. The lowest BCUT2D eigenvalue weighted by molar-refractivity contribution is 0.197. The Balaban J connectivity index is 2.73. The van der Waals surface area contributed by atoms with E-state index in [1.54, 1.807) is 0 Å². The summed E-state index contributed by atoms with van der Waals surface area (Å²) in [6, 6.07) is 8.52. The van der Waals surface area contributed by atoms with Gasteiger partial charge in [0.15, 0.2) is 5.96 Å². The van der Waals surface area contributed by atoms with Crippen LogP contribution in [0.25, 0.3) is 0 Å². The standard InChI is InChI=1S/C18H32N4/c1-7-15-11-9-10-12-16(15)13-20-17(19-8-2)21-14-18(3,4)22(5)6/h9-12H,7-8,13-14H2,1-6H3,(H2,19,20,21). The highest BCUT2D eigenvalue weighted by atomic mass is 15.2. The van der Waals surface area contributed by atoms with Crippen LogP contribution in [0, 0.1) is 0 Å². The first-order valence-electron chi connectivity index (χ1n) is 8.17. The fraction of sp³-hybridized carbons (Fsp3) is 0.611. The summed E-state index contributed by atoms with van der Waals surface area (Å²) < 4.78 is 0. The normalized spacial score (nSPS) is 12.6. The van der Waals surface area contributed by atoms with Crippen molar-refractivity contribution in [2.75, 3.05) is 27.2 Å². The van der Waals surface area contributed by atoms with E-state index in [9.17, 15) is 0 Å². The molecule has 1 aromatic rings. The van der Waals surface area contributed by atoms with Crippen molar-refractivity contribution in [3.63, 3.8) is 0 Å². The van der Waals surface area contributed by atoms with Gasteiger partial charge in [-0.2, -0.15) is 0 Å². The average Bonchev–Trinajstić information content (AvgIpc) is 2.50. The molecule has 0 saturated heterocycles. The number of likely N-dealkylation sites (N-methyl/N-ethyl adjacent to an activating group) is 1. The van der Waals surface area contributed by atoms with Crippen LogP contribution < -0.4 is 10.6 Å². The van der Waals surface area contributed by atoms with E-state index >= 15 is 0 Å². The predicted octanol–water partition coefficient (Wildman–Crippen LogP) is 2.64. The first-order valence-corrected chi connectivity index (χ1v) is 8.17. The van der Waals surface area contributed by atoms with Crippen molar-refractivity contribution >= 4 is 5.96 Å². The van der Waals surface area contributed by atoms with Gasteiger partial charge in [-0.15, -0.1) is 0 Å². The van der Waals surface area contributed by atoms with Crippen molar-refractivity contribution < 1.29 is 0 Å². The Bertz CT molecular complexity index is 478. The minimum atomic E-state index is 0.0809. The molecule has 4 heteroatoms. The Labute approximate surface area is 136 Å². The molecule has 124 valence electrons. The molecule has 22 heavy (non-hydrogen) atoms. The van der Waals surface area contributed by atoms with E-state index in [0.29, 0.717) is 6.54 Å². The predicted molar refractivity (Wildman–Crippen MR) is 96.4 cm³/mol. The minimum absolute atomic E-state index is 0.0809. The first-order chi connectivity index (χ1) is 10.4. The van der Waals surface area contributed by atoms with Crippen LogP contribution in [0.4, 0.5) is 0 Å². The minimum Gasteiger partial charge on any atom is -0.357 e. The second-order valence-electron chi connectivity index (χ2n) is 6.38. The lowest BCUT2D eigenvalue weighted by Crippen LogP contribution is -2.50. The Kier molecular flexibility index (Phi) is 7.39. The number of hydrogen-bond donors (Lipinski definition) is 2. The maximum atomic E-state index is 4.73. The molecule has 0 heterocycles. The zero-order valence-corrected chi connectivity index (χ0v) is 15.0. The van der Waals surface area contributed by atoms with Crippen LogP contribution in [0.3, 0.4) is 0 Å². The number of guanidine groups is 1. The maximum absolute atomic E-state index is 4.73. The van der Waals surface area contributed by atoms with Gasteiger partial charge in [0, 0.05) is 18.6 Å². The lowest BCUT2D eigenvalue weighted by Gasteiger charge is -2.33. The van der Waals surface area contributed by atoms with Gasteiger partial charge in [-0.3, -0.25) is 0 Å². The molecule has 0 amide bonds. The van der Waals surface area contributed by atoms with Gasteiger partial charge in [-0.25, -0.2) is 4.99 Å². The molecular formula is C18H32N4. The highest BCUT2D eigenvalue weighted by Crippen LogP contribution is 2.11. The largest absolute Gasteiger partial charge is 0.357 e. The van der Waals surface area contributed by atoms with Crippen molar-refractivity contribution in [3.8, 4) is 0 Å². The van der Waals surface area contributed by atoms with Gasteiger partial charge >= 0.3 is 0 Å². The Morgan fingerprint density at radius 3 is 2.27 bits per heavy atom. The van der Waals surface area contributed by atoms with E-state index in [0.717, 1.165) is 25.5 Å². The molecule has 0 bridgehead atoms. The van der Waals surface area contributed by atoms with E-state index in [4.69, 9.17) is 4.99 Å². The van der Waals surface area contributed by atoms with Gasteiger partial charge in [0.1, 0.15) is 0 Å². The number of aliphatic imine (C=N–C) groups is 1. The molecule has 0 atom stereocenters. The van der Waals surface area contributed by atoms with E-state index in [1.165, 1.54) is 11.1 Å². The van der Waals surface area contributed by atoms with Gasteiger partial charge in [-0.1, -0.05) is 31.2 Å². The van der Waals surface area contributed by atoms with Crippen LogP contribution in [0.2, 0.25) is 0 Å². The monoisotopic (exact) mass is 304 g/mol. The maximum Gasteiger partial charge on any atom is 0.191 e. The van der Waals surface area contributed by atoms with E-state index in [1.807, 2.05) is 0 Å². The average molecular weight is 304 g/mol. The van der Waals surface area contributed by atoms with Gasteiger partial charge in [0.2, 0.25) is 0 Å². The number of hydrogen-bond acceptors (Lipinski definition) is 2. The van der Waals surface area contributed by atoms with Gasteiger partial charge in [0.05, 0.1) is 6.54 Å². The number of aryl methyl sites for hydroxylation is 1. The third-order valence-electron chi connectivity index (χ3n) is 4.15. The van der Waals surface area contributed by atoms with Gasteiger partial charge in [-0.05, 0) is 52.4 Å². The van der Waals surface area contributed by atoms with Crippen LogP contribution in [0.15, 0.2) is 29.3 Å². The molecule has 0 aliphatic rings. The second-order valence-corrected chi connectivity index (χ2v) is 6.38. The van der Waals surface area contributed by atoms with Crippen molar-refractivity contribution in [3.05, 3.63) is 35.4 Å². The van der Waals surface area contributed by atoms with E-state index in [2.05, 4.69) is 81.6 Å². The van der Waals surface area contributed by atoms with E-state index < -0.39 is 0 Å². The zero-order valence-electron chi connectivity index (χ0n) is 15.0. The van der Waals surface area contributed by atoms with Gasteiger partial charge < -0.3 is 15.5 Å². The highest BCUT2D eigenvalue weighted by molar-refractivity contribution is 5.79. The summed E-state index contributed by atoms with van der Waals surface area (Å²) in [6.45, 7) is 11.1. The van der Waals surface area contributed by atoms with Crippen molar-refractivity contribution in [1.29, 1.82) is 0 Å². The van der Waals surface area contributed by atoms with Crippen LogP contribution in [-0.4, -0.2) is 43.6 Å². The summed E-state index contributed by atoms with van der Waals surface area (Å²) in [7, 11) is 4.20. The molecule has 0 aliphatic carbocycles. The SMILES string of the molecule is CCNC(=NCc1ccccc1CC)NCC(C)(C)N(C)C. The molecular weight excluding hydrogens is 272 g/mol. The first kappa shape index (κ1) is 18.5. The van der Waals surface area contributed by atoms with Crippen molar-refractivity contribution in [1.82, 2.24) is 15.5 Å². The summed E-state index contributed by atoms with van der Waals surface area (Å²) in [6.07, 6.45) is 1.04. The molecule has 1 rings (SSSR count). The molecule has 0 aromatic heterocycles. The van der Waals surface area contributed by atoms with Crippen molar-refractivity contribution in [2.24, 2.45) is 4.99 Å². The van der Waals surface area contributed by atoms with Crippen LogP contribution in [-0.2, 0) is 13.0 Å². The summed E-state index contributed by atoms with van der Waals surface area (Å²) in [5.74, 6) is 0.878. The Morgan fingerprint density at radius 2 is 1.73 bits per heavy atom. The summed E-state index contributed by atoms with van der Waals surface area (Å²) >= 11 is 0. The molecule has 1 aromatic carbocycles. The second kappa shape index (κ2) is 8.79. The molecule has 4 nitrogen and oxygen atoms in total. The molecule has 0 saturated carbocycles. The molecule has 0 spiro atoms. The fourth-order valence-corrected chi connectivity index (χ4v) is 2.02. The Morgan fingerprint density at radius 1 is 1.09 bits per heavy atom. The fourth-order valence-electron chi connectivity index (χ4n) is 2.02. The number of nitrogens with one attached hydrogen (secondary N) is 2. The molecule has 0 unspecified atom stereocenters. The van der Waals surface area contributed by atoms with Crippen molar-refractivity contribution in [2.45, 2.75) is 46.2 Å². The van der Waals surface area contributed by atoms with E-state index in [-0.39, 0.29) is 5.54 Å². The van der Waals surface area contributed by atoms with Gasteiger partial charge in [0.25, 0.3) is 0 Å². The molecule has 0 radical (unpaired) electrons. The lowest BCUT2D eigenvalue weighted by atomic mass is 10.0. The smallest absolute Gasteiger partial charge is 0.191 e. The molecule has 2 N–H and O–H groups in total. The number of nitrogens with zero attached hydrogens (tertiary/aromatic N) is 2. The Hall–Kier alpha value is -1.55. The van der Waals surface area contributed by atoms with Crippen LogP contribution in [0.1, 0.15) is 38.8 Å². The highest BCUT2D eigenvalue weighted by Gasteiger charge is 2.20.